The minimum atomic E-state index is -1.68. The van der Waals surface area contributed by atoms with Gasteiger partial charge in [-0.2, -0.15) is 0 Å². The van der Waals surface area contributed by atoms with Crippen LogP contribution in [0, 0.1) is 0 Å². The standard InChI is InChI=1S/C11H35N6Si6/c1-14-19-12-18-13-20(5)15(2)22(8,9)17(4)23(10,11)16(3)21(14,6)7/h12-13H,1-11H3. The van der Waals surface area contributed by atoms with Crippen LogP contribution in [0.4, 0.5) is 0 Å². The Morgan fingerprint density at radius 1 is 0.783 bits per heavy atom. The predicted molar refractivity (Wildman–Crippen MR) is 113 cm³/mol. The molecular weight excluding hydrogens is 385 g/mol. The van der Waals surface area contributed by atoms with Crippen molar-refractivity contribution in [3.8, 4) is 0 Å². The number of hydrogen-bond acceptors (Lipinski definition) is 6. The van der Waals surface area contributed by atoms with Gasteiger partial charge in [-0.05, 0) is 74.0 Å². The largest absolute Gasteiger partial charge is 0.337 e. The average Bonchev–Trinajstić information content (AvgIpc) is 2.47. The maximum absolute atomic E-state index is 3.76. The molecule has 0 saturated carbocycles. The second kappa shape index (κ2) is 7.75. The van der Waals surface area contributed by atoms with Gasteiger partial charge in [0.2, 0.25) is 28.8 Å². The van der Waals surface area contributed by atoms with Crippen molar-refractivity contribution in [1.29, 1.82) is 0 Å². The lowest BCUT2D eigenvalue weighted by Gasteiger charge is -2.57. The van der Waals surface area contributed by atoms with E-state index in [9.17, 15) is 0 Å². The molecule has 133 valence electrons. The van der Waals surface area contributed by atoms with Gasteiger partial charge in [0.05, 0.1) is 0 Å². The number of nitrogens with zero attached hydrogens (tertiary/aromatic N) is 4. The first-order valence-electron chi connectivity index (χ1n) is 8.08. The minimum Gasteiger partial charge on any atom is -0.337 e. The molecule has 0 atom stereocenters. The summed E-state index contributed by atoms with van der Waals surface area (Å²) in [6.45, 7) is 17.4. The number of hydrogen-bond donors (Lipinski definition) is 2. The van der Waals surface area contributed by atoms with Gasteiger partial charge in [-0.1, -0.05) is 0 Å². The van der Waals surface area contributed by atoms with Crippen LogP contribution in [-0.4, -0.2) is 99.1 Å². The van der Waals surface area contributed by atoms with E-state index in [1.165, 1.54) is 0 Å². The highest BCUT2D eigenvalue weighted by Crippen LogP contribution is 2.27. The van der Waals surface area contributed by atoms with Gasteiger partial charge in [0.15, 0.2) is 25.2 Å². The minimum absolute atomic E-state index is 0.645. The van der Waals surface area contributed by atoms with Crippen molar-refractivity contribution in [2.75, 3.05) is 28.2 Å². The van der Waals surface area contributed by atoms with Crippen LogP contribution in [0.25, 0.3) is 0 Å². The Bertz CT molecular complexity index is 408. The summed E-state index contributed by atoms with van der Waals surface area (Å²) in [6, 6.07) is 0. The molecule has 1 fully saturated rings. The Kier molecular flexibility index (Phi) is 7.45. The first kappa shape index (κ1) is 22.1. The first-order valence-corrected chi connectivity index (χ1v) is 20.7. The molecule has 2 N–H and O–H groups in total. The zero-order valence-electron chi connectivity index (χ0n) is 16.8. The van der Waals surface area contributed by atoms with Gasteiger partial charge < -0.3 is 26.2 Å². The molecule has 1 saturated heterocycles. The maximum Gasteiger partial charge on any atom is 0.234 e. The molecule has 23 heavy (non-hydrogen) atoms. The monoisotopic (exact) mass is 419 g/mol. The third-order valence-electron chi connectivity index (χ3n) is 5.96. The molecule has 6 nitrogen and oxygen atoms in total. The molecular formula is C11H35N6Si6. The Morgan fingerprint density at radius 3 is 1.78 bits per heavy atom. The molecule has 1 aliphatic heterocycles. The molecule has 1 aliphatic rings. The topological polar surface area (TPSA) is 37.0 Å². The molecule has 1 rings (SSSR count). The number of nitrogens with one attached hydrogen (secondary N) is 2. The third-order valence-corrected chi connectivity index (χ3v) is 31.2. The summed E-state index contributed by atoms with van der Waals surface area (Å²) in [4.78, 5) is 0. The number of rotatable bonds is 0. The molecule has 5 radical (unpaired) electrons. The van der Waals surface area contributed by atoms with Crippen LogP contribution in [0.3, 0.4) is 0 Å². The van der Waals surface area contributed by atoms with Crippen LogP contribution < -0.4 is 9.30 Å². The zero-order valence-corrected chi connectivity index (χ0v) is 22.8. The summed E-state index contributed by atoms with van der Waals surface area (Å²) in [5, 5.41) is 0. The second-order valence-electron chi connectivity index (χ2n) is 7.79. The van der Waals surface area contributed by atoms with Crippen LogP contribution in [0.2, 0.25) is 45.8 Å². The zero-order chi connectivity index (χ0) is 18.2. The van der Waals surface area contributed by atoms with Crippen molar-refractivity contribution in [3.05, 3.63) is 0 Å². The fourth-order valence-corrected chi connectivity index (χ4v) is 27.0. The lowest BCUT2D eigenvalue weighted by atomic mass is 11.5. The van der Waals surface area contributed by atoms with Crippen LogP contribution >= 0.6 is 0 Å². The Labute approximate surface area is 154 Å². The van der Waals surface area contributed by atoms with E-state index in [-0.39, 0.29) is 0 Å². The van der Waals surface area contributed by atoms with E-state index in [4.69, 9.17) is 0 Å². The van der Waals surface area contributed by atoms with Crippen LogP contribution in [0.1, 0.15) is 0 Å². The molecule has 0 bridgehead atoms. The van der Waals surface area contributed by atoms with Crippen LogP contribution in [0.5, 0.6) is 0 Å². The molecule has 12 heteroatoms. The lowest BCUT2D eigenvalue weighted by molar-refractivity contribution is 0.542. The summed E-state index contributed by atoms with van der Waals surface area (Å²) in [5.41, 5.74) is 0. The lowest BCUT2D eigenvalue weighted by Crippen LogP contribution is -2.80. The van der Waals surface area contributed by atoms with Gasteiger partial charge in [0.1, 0.15) is 0 Å². The highest BCUT2D eigenvalue weighted by molar-refractivity contribution is 6.97. The Balaban J connectivity index is 3.27. The molecule has 0 aromatic heterocycles. The van der Waals surface area contributed by atoms with Gasteiger partial charge in [-0.25, -0.2) is 0 Å². The molecule has 0 unspecified atom stereocenters. The van der Waals surface area contributed by atoms with Crippen molar-refractivity contribution < 1.29 is 0 Å². The van der Waals surface area contributed by atoms with E-state index in [1.54, 1.807) is 0 Å². The summed E-state index contributed by atoms with van der Waals surface area (Å²) in [5.74, 6) is 0. The molecule has 0 spiro atoms. The van der Waals surface area contributed by atoms with Crippen LogP contribution in [-0.2, 0) is 0 Å². The van der Waals surface area contributed by atoms with E-state index in [2.05, 4.69) is 100 Å². The molecule has 0 aromatic carbocycles. The fraction of sp³-hybridized carbons (Fsp3) is 1.00. The first-order chi connectivity index (χ1) is 10.3. The third kappa shape index (κ3) is 4.43. The van der Waals surface area contributed by atoms with Crippen molar-refractivity contribution in [1.82, 2.24) is 26.2 Å². The van der Waals surface area contributed by atoms with Crippen molar-refractivity contribution in [2.24, 2.45) is 0 Å². The van der Waals surface area contributed by atoms with E-state index in [0.29, 0.717) is 19.7 Å². The molecule has 0 aromatic rings. The maximum atomic E-state index is 3.76. The Hall–Kier alpha value is 1.06. The summed E-state index contributed by atoms with van der Waals surface area (Å²) < 4.78 is 18.3. The average molecular weight is 420 g/mol. The van der Waals surface area contributed by atoms with Gasteiger partial charge >= 0.3 is 0 Å². The SMILES string of the molecule is CN1[Si]N[Si]N[Si](C)N(C)[Si](C)(C)N(C)[Si](C)(C)N(C)[Si]1(C)C. The summed E-state index contributed by atoms with van der Waals surface area (Å²) in [6.07, 6.45) is 0. The van der Waals surface area contributed by atoms with E-state index < -0.39 is 34.3 Å². The normalized spacial score (nSPS) is 29.9. The van der Waals surface area contributed by atoms with Gasteiger partial charge in [-0.3, -0.25) is 0 Å². The molecule has 0 amide bonds. The van der Waals surface area contributed by atoms with Gasteiger partial charge in [0, 0.05) is 0 Å². The molecule has 0 aliphatic carbocycles. The van der Waals surface area contributed by atoms with E-state index in [0.717, 1.165) is 0 Å². The van der Waals surface area contributed by atoms with Crippen LogP contribution in [0.15, 0.2) is 0 Å². The highest BCUT2D eigenvalue weighted by Gasteiger charge is 2.50. The van der Waals surface area contributed by atoms with Gasteiger partial charge in [0.25, 0.3) is 0 Å². The smallest absolute Gasteiger partial charge is 0.234 e. The van der Waals surface area contributed by atoms with Gasteiger partial charge in [-0.15, -0.1) is 0 Å². The van der Waals surface area contributed by atoms with Crippen molar-refractivity contribution >= 4 is 54.0 Å². The second-order valence-corrected chi connectivity index (χ2v) is 27.6. The molecule has 1 heterocycles. The Morgan fingerprint density at radius 2 is 1.26 bits per heavy atom. The van der Waals surface area contributed by atoms with Crippen molar-refractivity contribution in [2.45, 2.75) is 45.8 Å². The highest BCUT2D eigenvalue weighted by atomic mass is 28.5. The summed E-state index contributed by atoms with van der Waals surface area (Å²) in [7, 11) is 5.08. The van der Waals surface area contributed by atoms with Crippen molar-refractivity contribution in [3.63, 3.8) is 0 Å². The predicted octanol–water partition coefficient (Wildman–Crippen LogP) is 0.198. The van der Waals surface area contributed by atoms with E-state index >= 15 is 0 Å². The fourth-order valence-electron chi connectivity index (χ4n) is 2.88. The quantitative estimate of drug-likeness (QED) is 0.546. The van der Waals surface area contributed by atoms with E-state index in [1.807, 2.05) is 0 Å². The summed E-state index contributed by atoms with van der Waals surface area (Å²) >= 11 is 0.